The normalized spacial score (nSPS) is 10.1. The molecule has 4 N–H and O–H groups in total. The van der Waals surface area contributed by atoms with E-state index in [1.165, 1.54) is 0 Å². The van der Waals surface area contributed by atoms with Crippen LogP contribution in [0.25, 0.3) is 0 Å². The van der Waals surface area contributed by atoms with E-state index in [4.69, 9.17) is 10.3 Å². The Labute approximate surface area is 104 Å². The fourth-order valence-corrected chi connectivity index (χ4v) is 1.32. The first-order chi connectivity index (χ1) is 8.61. The minimum Gasteiger partial charge on any atom is -0.480 e. The van der Waals surface area contributed by atoms with Crippen molar-refractivity contribution < 1.29 is 19.9 Å². The minimum absolute atomic E-state index is 0.0988. The molecule has 0 unspecified atom stereocenters. The number of aryl methyl sites for hydroxylation is 1. The molecule has 0 radical (unpaired) electrons. The predicted octanol–water partition coefficient (Wildman–Crippen LogP) is -0.306. The number of hydroxylamine groups is 1. The van der Waals surface area contributed by atoms with Gasteiger partial charge in [-0.25, -0.2) is 5.48 Å². The first-order valence-electron chi connectivity index (χ1n) is 5.41. The molecule has 7 nitrogen and oxygen atoms in total. The molecule has 1 aromatic heterocycles. The summed E-state index contributed by atoms with van der Waals surface area (Å²) in [5, 5.41) is 19.5. The van der Waals surface area contributed by atoms with Crippen LogP contribution < -0.4 is 10.8 Å². The molecule has 0 aliphatic carbocycles. The van der Waals surface area contributed by atoms with Crippen molar-refractivity contribution in [1.82, 2.24) is 15.8 Å². The third-order valence-electron chi connectivity index (χ3n) is 2.22. The molecule has 0 aliphatic heterocycles. The second-order valence-corrected chi connectivity index (χ2v) is 3.69. The van der Waals surface area contributed by atoms with Gasteiger partial charge < -0.3 is 10.4 Å². The molecule has 1 rings (SSSR count). The zero-order chi connectivity index (χ0) is 13.4. The molecule has 0 saturated carbocycles. The van der Waals surface area contributed by atoms with Gasteiger partial charge in [0.25, 0.3) is 0 Å². The van der Waals surface area contributed by atoms with Gasteiger partial charge in [0.15, 0.2) is 0 Å². The number of hydrogen-bond acceptors (Lipinski definition) is 5. The molecule has 18 heavy (non-hydrogen) atoms. The lowest BCUT2D eigenvalue weighted by Crippen LogP contribution is -2.22. The number of aromatic nitrogens is 1. The van der Waals surface area contributed by atoms with E-state index in [2.05, 4.69) is 10.3 Å². The number of carbonyl (C=O) groups is 2. The number of carbonyl (C=O) groups excluding carboxylic acids is 1. The molecule has 7 heteroatoms. The molecular weight excluding hydrogens is 238 g/mol. The predicted molar refractivity (Wildman–Crippen MR) is 61.8 cm³/mol. The van der Waals surface area contributed by atoms with Crippen LogP contribution in [0.5, 0.6) is 0 Å². The number of rotatable bonds is 7. The molecule has 0 aromatic carbocycles. The van der Waals surface area contributed by atoms with Gasteiger partial charge >= 0.3 is 5.97 Å². The number of hydrogen-bond donors (Lipinski definition) is 4. The number of carboxylic acids is 1. The number of nitrogens with one attached hydrogen (secondary N) is 2. The van der Waals surface area contributed by atoms with Crippen LogP contribution >= 0.6 is 0 Å². The molecular formula is C11H15N3O4. The van der Waals surface area contributed by atoms with Crippen LogP contribution in [0.1, 0.15) is 17.7 Å². The largest absolute Gasteiger partial charge is 0.480 e. The summed E-state index contributed by atoms with van der Waals surface area (Å²) in [6.07, 6.45) is 2.23. The third kappa shape index (κ3) is 5.37. The monoisotopic (exact) mass is 253 g/mol. The molecule has 0 bridgehead atoms. The van der Waals surface area contributed by atoms with E-state index in [9.17, 15) is 9.59 Å². The maximum Gasteiger partial charge on any atom is 0.317 e. The molecule has 1 aromatic rings. The first kappa shape index (κ1) is 14.1. The Morgan fingerprint density at radius 1 is 1.33 bits per heavy atom. The maximum absolute atomic E-state index is 10.8. The van der Waals surface area contributed by atoms with Crippen molar-refractivity contribution in [3.8, 4) is 0 Å². The van der Waals surface area contributed by atoms with Gasteiger partial charge in [-0.15, -0.1) is 0 Å². The van der Waals surface area contributed by atoms with Gasteiger partial charge in [-0.1, -0.05) is 6.07 Å². The van der Waals surface area contributed by atoms with Gasteiger partial charge in [0.1, 0.15) is 0 Å². The summed E-state index contributed by atoms with van der Waals surface area (Å²) in [6.45, 7) is 0.329. The van der Waals surface area contributed by atoms with Crippen molar-refractivity contribution in [2.24, 2.45) is 0 Å². The Morgan fingerprint density at radius 3 is 2.67 bits per heavy atom. The van der Waals surface area contributed by atoms with E-state index in [1.807, 2.05) is 6.07 Å². The Hall–Kier alpha value is -1.99. The lowest BCUT2D eigenvalue weighted by atomic mass is 10.2. The van der Waals surface area contributed by atoms with Crippen LogP contribution in [0, 0.1) is 0 Å². The van der Waals surface area contributed by atoms with Crippen LogP contribution in [0.2, 0.25) is 0 Å². The van der Waals surface area contributed by atoms with Crippen LogP contribution in [0.15, 0.2) is 18.3 Å². The summed E-state index contributed by atoms with van der Waals surface area (Å²) < 4.78 is 0. The molecule has 0 atom stereocenters. The average Bonchev–Trinajstić information content (AvgIpc) is 2.37. The lowest BCUT2D eigenvalue weighted by Gasteiger charge is -2.03. The topological polar surface area (TPSA) is 112 Å². The Bertz CT molecular complexity index is 405. The highest BCUT2D eigenvalue weighted by molar-refractivity contribution is 5.74. The number of pyridine rings is 1. The van der Waals surface area contributed by atoms with Gasteiger partial charge in [-0.05, 0) is 18.1 Å². The molecule has 0 spiro atoms. The fourth-order valence-electron chi connectivity index (χ4n) is 1.32. The summed E-state index contributed by atoms with van der Waals surface area (Å²) in [7, 11) is 0. The maximum atomic E-state index is 10.8. The van der Waals surface area contributed by atoms with Gasteiger partial charge in [0, 0.05) is 24.9 Å². The highest BCUT2D eigenvalue weighted by Gasteiger charge is 2.02. The zero-order valence-electron chi connectivity index (χ0n) is 9.72. The molecule has 0 saturated heterocycles. The summed E-state index contributed by atoms with van der Waals surface area (Å²) in [6, 6.07) is 3.58. The van der Waals surface area contributed by atoms with Crippen LogP contribution in [-0.2, 0) is 22.6 Å². The van der Waals surface area contributed by atoms with Crippen LogP contribution in [0.3, 0.4) is 0 Å². The lowest BCUT2D eigenvalue weighted by molar-refractivity contribution is -0.136. The Kier molecular flexibility index (Phi) is 5.75. The first-order valence-corrected chi connectivity index (χ1v) is 5.41. The van der Waals surface area contributed by atoms with Crippen molar-refractivity contribution in [3.05, 3.63) is 29.6 Å². The van der Waals surface area contributed by atoms with Crippen molar-refractivity contribution in [2.75, 3.05) is 6.54 Å². The standard InChI is InChI=1S/C11H15N3O4/c15-10(14-18)4-3-9-2-1-8(6-13-9)5-12-7-11(16)17/h1-2,6,12,18H,3-5,7H2,(H,14,15)(H,16,17). The second kappa shape index (κ2) is 7.36. The van der Waals surface area contributed by atoms with E-state index in [0.717, 1.165) is 11.3 Å². The van der Waals surface area contributed by atoms with Crippen molar-refractivity contribution in [1.29, 1.82) is 0 Å². The molecule has 1 amide bonds. The van der Waals surface area contributed by atoms with Gasteiger partial charge in [0.05, 0.1) is 6.54 Å². The Morgan fingerprint density at radius 2 is 2.11 bits per heavy atom. The molecule has 0 fully saturated rings. The van der Waals surface area contributed by atoms with Crippen molar-refractivity contribution in [3.63, 3.8) is 0 Å². The fraction of sp³-hybridized carbons (Fsp3) is 0.364. The summed E-state index contributed by atoms with van der Waals surface area (Å²) in [5.74, 6) is -1.36. The number of aliphatic carboxylic acids is 1. The third-order valence-corrected chi connectivity index (χ3v) is 2.22. The van der Waals surface area contributed by atoms with Gasteiger partial charge in [0.2, 0.25) is 5.91 Å². The van der Waals surface area contributed by atoms with E-state index in [-0.39, 0.29) is 13.0 Å². The Balaban J connectivity index is 2.37. The molecule has 0 aliphatic rings. The van der Waals surface area contributed by atoms with Crippen LogP contribution in [0.4, 0.5) is 0 Å². The van der Waals surface area contributed by atoms with Crippen LogP contribution in [-0.4, -0.2) is 33.7 Å². The summed E-state index contributed by atoms with van der Waals surface area (Å²) in [5.41, 5.74) is 3.16. The van der Waals surface area contributed by atoms with E-state index in [0.29, 0.717) is 13.0 Å². The number of amides is 1. The van der Waals surface area contributed by atoms with E-state index >= 15 is 0 Å². The molecule has 1 heterocycles. The van der Waals surface area contributed by atoms with E-state index in [1.54, 1.807) is 17.7 Å². The minimum atomic E-state index is -0.908. The average molecular weight is 253 g/mol. The highest BCUT2D eigenvalue weighted by atomic mass is 16.5. The van der Waals surface area contributed by atoms with Gasteiger partial charge in [-0.3, -0.25) is 19.8 Å². The zero-order valence-corrected chi connectivity index (χ0v) is 9.72. The summed E-state index contributed by atoms with van der Waals surface area (Å²) in [4.78, 5) is 25.2. The highest BCUT2D eigenvalue weighted by Crippen LogP contribution is 2.02. The van der Waals surface area contributed by atoms with Crippen molar-refractivity contribution >= 4 is 11.9 Å². The number of nitrogens with zero attached hydrogens (tertiary/aromatic N) is 1. The van der Waals surface area contributed by atoms with Gasteiger partial charge in [-0.2, -0.15) is 0 Å². The SMILES string of the molecule is O=C(O)CNCc1ccc(CCC(=O)NO)nc1. The van der Waals surface area contributed by atoms with Crippen molar-refractivity contribution in [2.45, 2.75) is 19.4 Å². The smallest absolute Gasteiger partial charge is 0.317 e. The quantitative estimate of drug-likeness (QED) is 0.392. The van der Waals surface area contributed by atoms with E-state index < -0.39 is 11.9 Å². The summed E-state index contributed by atoms with van der Waals surface area (Å²) >= 11 is 0. The second-order valence-electron chi connectivity index (χ2n) is 3.69. The number of carboxylic acid groups (broad SMARTS) is 1. The molecule has 98 valence electrons.